The lowest BCUT2D eigenvalue weighted by Gasteiger charge is -2.26. The fourth-order valence-electron chi connectivity index (χ4n) is 7.93. The smallest absolute Gasteiger partial charge is 0.343 e. The maximum absolute atomic E-state index is 13.1. The van der Waals surface area contributed by atoms with Gasteiger partial charge in [0.05, 0.1) is 21.6 Å². The number of nitrogens with zero attached hydrogens (tertiary/aromatic N) is 4. The van der Waals surface area contributed by atoms with Gasteiger partial charge in [0.2, 0.25) is 0 Å². The van der Waals surface area contributed by atoms with Gasteiger partial charge < -0.3 is 23.5 Å². The second-order valence-electron chi connectivity index (χ2n) is 15.5. The minimum atomic E-state index is -0.400. The molecule has 0 aliphatic carbocycles. The molecule has 0 saturated carbocycles. The number of fused-ring (bicyclic) bond motifs is 2. The Bertz CT molecular complexity index is 3110. The summed E-state index contributed by atoms with van der Waals surface area (Å²) >= 11 is 1.28. The van der Waals surface area contributed by atoms with Crippen LogP contribution in [0.2, 0.25) is 0 Å². The van der Waals surface area contributed by atoms with E-state index in [1.807, 2.05) is 127 Å². The second-order valence-corrected chi connectivity index (χ2v) is 16.6. The van der Waals surface area contributed by atoms with Crippen LogP contribution in [0.4, 0.5) is 28.4 Å². The fourth-order valence-corrected chi connectivity index (χ4v) is 8.72. The van der Waals surface area contributed by atoms with Gasteiger partial charge in [-0.05, 0) is 148 Å². The number of aldehydes is 1. The highest BCUT2D eigenvalue weighted by Crippen LogP contribution is 2.36. The van der Waals surface area contributed by atoms with Crippen molar-refractivity contribution in [2.75, 3.05) is 40.9 Å². The van der Waals surface area contributed by atoms with E-state index in [4.69, 9.17) is 8.83 Å². The highest BCUT2D eigenvalue weighted by Gasteiger charge is 2.14. The van der Waals surface area contributed by atoms with Crippen molar-refractivity contribution in [3.05, 3.63) is 192 Å². The Morgan fingerprint density at radius 2 is 0.970 bits per heavy atom. The summed E-state index contributed by atoms with van der Waals surface area (Å²) in [6.07, 6.45) is 9.97. The van der Waals surface area contributed by atoms with E-state index in [1.54, 1.807) is 24.3 Å². The first-order chi connectivity index (χ1) is 32.2. The van der Waals surface area contributed by atoms with Crippen LogP contribution >= 0.6 is 11.3 Å². The molecule has 5 aromatic carbocycles. The number of carbonyl (C=O) groups is 1. The monoisotopic (exact) mass is 888 g/mol. The van der Waals surface area contributed by atoms with Crippen LogP contribution in [0.3, 0.4) is 0 Å². The van der Waals surface area contributed by atoms with Crippen LogP contribution < -0.4 is 26.0 Å². The van der Waals surface area contributed by atoms with E-state index in [0.29, 0.717) is 32.7 Å². The summed E-state index contributed by atoms with van der Waals surface area (Å²) < 4.78 is 11.5. The van der Waals surface area contributed by atoms with Crippen LogP contribution in [0.1, 0.15) is 70.1 Å². The highest BCUT2D eigenvalue weighted by atomic mass is 32.1. The standard InChI is InChI=1S/C56H48N4O5S/c1-5-58(6-2)49-27-19-41-32-43(55(62)64-52(41)34-49)17-9-38-11-21-46(22-12-38)60(48-25-15-40(16-26-48)31-45(36-57)54-30-29-51(37-61)66-54)47-23-13-39(14-24-47)10-18-44-33-42-20-28-50(59(7-3)8-4)35-53(42)65-56(44)63/h9-35,37H,5-8H2,1-4H3/b17-9+,18-10+,45-31+. The molecule has 0 spiro atoms. The molecule has 328 valence electrons. The van der Waals surface area contributed by atoms with Crippen LogP contribution in [0.5, 0.6) is 0 Å². The van der Waals surface area contributed by atoms with Crippen LogP contribution in [-0.4, -0.2) is 32.5 Å². The van der Waals surface area contributed by atoms with Gasteiger partial charge in [-0.15, -0.1) is 11.3 Å². The number of rotatable bonds is 16. The topological polar surface area (TPSA) is 111 Å². The van der Waals surface area contributed by atoms with Crippen LogP contribution in [-0.2, 0) is 0 Å². The van der Waals surface area contributed by atoms with Gasteiger partial charge in [0.1, 0.15) is 17.2 Å². The fraction of sp³-hybridized carbons (Fsp3) is 0.143. The Labute approximate surface area is 387 Å². The average Bonchev–Trinajstić information content (AvgIpc) is 3.83. The Kier molecular flexibility index (Phi) is 13.7. The van der Waals surface area contributed by atoms with Crippen molar-refractivity contribution in [1.29, 1.82) is 5.26 Å². The van der Waals surface area contributed by atoms with E-state index in [1.165, 1.54) is 11.3 Å². The average molecular weight is 889 g/mol. The Hall–Kier alpha value is -8.00. The van der Waals surface area contributed by atoms with E-state index in [2.05, 4.69) is 60.6 Å². The summed E-state index contributed by atoms with van der Waals surface area (Å²) in [5, 5.41) is 11.7. The van der Waals surface area contributed by atoms with Crippen molar-refractivity contribution in [3.63, 3.8) is 0 Å². The largest absolute Gasteiger partial charge is 0.422 e. The zero-order chi connectivity index (χ0) is 46.2. The zero-order valence-electron chi connectivity index (χ0n) is 37.2. The lowest BCUT2D eigenvalue weighted by Crippen LogP contribution is -2.21. The summed E-state index contributed by atoms with van der Waals surface area (Å²) in [6.45, 7) is 11.8. The quantitative estimate of drug-likeness (QED) is 0.0532. The molecule has 0 fully saturated rings. The molecule has 3 heterocycles. The molecule has 0 aliphatic rings. The Morgan fingerprint density at radius 3 is 1.36 bits per heavy atom. The van der Waals surface area contributed by atoms with Crippen LogP contribution in [0, 0.1) is 11.3 Å². The van der Waals surface area contributed by atoms with Gasteiger partial charge in [0, 0.05) is 82.4 Å². The van der Waals surface area contributed by atoms with Gasteiger partial charge in [0.25, 0.3) is 0 Å². The number of hydrogen-bond donors (Lipinski definition) is 0. The van der Waals surface area contributed by atoms with Gasteiger partial charge in [-0.3, -0.25) is 4.79 Å². The first-order valence-electron chi connectivity index (χ1n) is 22.0. The Morgan fingerprint density at radius 1 is 0.545 bits per heavy atom. The van der Waals surface area contributed by atoms with Crippen molar-refractivity contribution >= 4 is 104 Å². The van der Waals surface area contributed by atoms with Crippen molar-refractivity contribution in [3.8, 4) is 6.07 Å². The summed E-state index contributed by atoms with van der Waals surface area (Å²) in [5.41, 5.74) is 9.04. The zero-order valence-corrected chi connectivity index (χ0v) is 38.0. The van der Waals surface area contributed by atoms with Gasteiger partial charge in [-0.25, -0.2) is 9.59 Å². The molecule has 0 saturated heterocycles. The van der Waals surface area contributed by atoms with Crippen molar-refractivity contribution in [2.45, 2.75) is 27.7 Å². The number of allylic oxidation sites excluding steroid dienone is 1. The number of nitriles is 1. The van der Waals surface area contributed by atoms with Crippen molar-refractivity contribution in [1.82, 2.24) is 0 Å². The maximum atomic E-state index is 13.1. The molecule has 0 N–H and O–H groups in total. The molecular formula is C56H48N4O5S. The number of carbonyl (C=O) groups excluding carboxylic acids is 1. The normalized spacial score (nSPS) is 11.7. The molecule has 10 heteroatoms. The minimum absolute atomic E-state index is 0.400. The van der Waals surface area contributed by atoms with E-state index >= 15 is 0 Å². The molecule has 0 unspecified atom stereocenters. The number of hydrogen-bond acceptors (Lipinski definition) is 10. The van der Waals surface area contributed by atoms with Gasteiger partial charge >= 0.3 is 11.3 Å². The number of benzene rings is 5. The Balaban J connectivity index is 1.07. The van der Waals surface area contributed by atoms with Crippen LogP contribution in [0.15, 0.2) is 152 Å². The van der Waals surface area contributed by atoms with E-state index < -0.39 is 11.3 Å². The lowest BCUT2D eigenvalue weighted by atomic mass is 10.1. The molecule has 66 heavy (non-hydrogen) atoms. The van der Waals surface area contributed by atoms with Crippen molar-refractivity contribution in [2.24, 2.45) is 0 Å². The summed E-state index contributed by atoms with van der Waals surface area (Å²) in [6, 6.07) is 45.4. The number of anilines is 5. The molecule has 8 aromatic rings. The molecule has 9 nitrogen and oxygen atoms in total. The molecule has 0 atom stereocenters. The second kappa shape index (κ2) is 20.2. The molecular weight excluding hydrogens is 841 g/mol. The highest BCUT2D eigenvalue weighted by molar-refractivity contribution is 7.14. The summed E-state index contributed by atoms with van der Waals surface area (Å²) in [5.74, 6) is 0. The first-order valence-corrected chi connectivity index (χ1v) is 22.8. The van der Waals surface area contributed by atoms with Gasteiger partial charge in [0.15, 0.2) is 6.29 Å². The minimum Gasteiger partial charge on any atom is -0.422 e. The first kappa shape index (κ1) is 44.6. The van der Waals surface area contributed by atoms with E-state index in [9.17, 15) is 19.6 Å². The van der Waals surface area contributed by atoms with E-state index in [-0.39, 0.29) is 0 Å². The third-order valence-electron chi connectivity index (χ3n) is 11.6. The number of thiophene rings is 1. The molecule has 0 radical (unpaired) electrons. The third-order valence-corrected chi connectivity index (χ3v) is 12.6. The molecule has 0 bridgehead atoms. The van der Waals surface area contributed by atoms with Crippen molar-refractivity contribution < 1.29 is 13.6 Å². The SMILES string of the molecule is CCN(CC)c1ccc2cc(/C=C/c3ccc(N(c4ccc(/C=C/c5cc6ccc(N(CC)CC)cc6oc5=O)cc4)c4ccc(/C=C(\C#N)c5ccc(C=O)s5)cc4)cc3)c(=O)oc2c1. The molecule has 0 amide bonds. The predicted octanol–water partition coefficient (Wildman–Crippen LogP) is 13.3. The lowest BCUT2D eigenvalue weighted by molar-refractivity contribution is 0.112. The summed E-state index contributed by atoms with van der Waals surface area (Å²) in [7, 11) is 0. The molecule has 3 aromatic heterocycles. The van der Waals surface area contributed by atoms with Gasteiger partial charge in [-0.2, -0.15) is 5.26 Å². The van der Waals surface area contributed by atoms with Crippen LogP contribution in [0.25, 0.3) is 57.9 Å². The van der Waals surface area contributed by atoms with Gasteiger partial charge in [-0.1, -0.05) is 48.6 Å². The molecule has 8 rings (SSSR count). The van der Waals surface area contributed by atoms with E-state index in [0.717, 1.165) is 93.2 Å². The predicted molar refractivity (Wildman–Crippen MR) is 274 cm³/mol. The summed E-state index contributed by atoms with van der Waals surface area (Å²) in [4.78, 5) is 45.3. The third kappa shape index (κ3) is 9.87. The molecule has 0 aliphatic heterocycles. The maximum Gasteiger partial charge on any atom is 0.343 e.